The molecule has 0 amide bonds. The minimum Gasteiger partial charge on any atom is -0.497 e. The second-order valence-electron chi connectivity index (χ2n) is 5.65. The van der Waals surface area contributed by atoms with Gasteiger partial charge in [-0.25, -0.2) is 9.18 Å². The Morgan fingerprint density at radius 2 is 1.78 bits per heavy atom. The van der Waals surface area contributed by atoms with Crippen LogP contribution < -0.4 is 4.74 Å². The zero-order valence-corrected chi connectivity index (χ0v) is 14.2. The van der Waals surface area contributed by atoms with Crippen molar-refractivity contribution < 1.29 is 31.8 Å². The normalized spacial score (nSPS) is 11.5. The number of esters is 1. The van der Waals surface area contributed by atoms with E-state index in [0.29, 0.717) is 22.7 Å². The number of ether oxygens (including phenoxy) is 2. The first kappa shape index (κ1) is 18.6. The summed E-state index contributed by atoms with van der Waals surface area (Å²) < 4.78 is 62.6. The molecule has 1 aromatic heterocycles. The number of benzene rings is 2. The highest BCUT2D eigenvalue weighted by Crippen LogP contribution is 2.36. The van der Waals surface area contributed by atoms with Crippen LogP contribution >= 0.6 is 0 Å². The van der Waals surface area contributed by atoms with Crippen LogP contribution in [0.4, 0.5) is 17.6 Å². The van der Waals surface area contributed by atoms with E-state index in [1.54, 1.807) is 6.07 Å². The number of fused-ring (bicyclic) bond motifs is 1. The molecule has 3 aromatic rings. The van der Waals surface area contributed by atoms with E-state index >= 15 is 0 Å². The summed E-state index contributed by atoms with van der Waals surface area (Å²) in [5.41, 5.74) is -0.423. The van der Waals surface area contributed by atoms with Crippen LogP contribution in [0.3, 0.4) is 0 Å². The molecule has 3 rings (SSSR count). The maximum atomic E-state index is 14.4. The van der Waals surface area contributed by atoms with Crippen molar-refractivity contribution in [1.82, 2.24) is 4.98 Å². The van der Waals surface area contributed by atoms with E-state index in [9.17, 15) is 22.4 Å². The highest BCUT2D eigenvalue weighted by molar-refractivity contribution is 5.99. The van der Waals surface area contributed by atoms with E-state index in [1.165, 1.54) is 32.5 Å². The summed E-state index contributed by atoms with van der Waals surface area (Å²) in [6.45, 7) is 0. The van der Waals surface area contributed by atoms with Gasteiger partial charge in [-0.1, -0.05) is 6.07 Å². The van der Waals surface area contributed by atoms with Gasteiger partial charge in [-0.05, 0) is 30.3 Å². The van der Waals surface area contributed by atoms with Crippen LogP contribution in [0.25, 0.3) is 22.0 Å². The van der Waals surface area contributed by atoms with E-state index in [1.807, 2.05) is 0 Å². The molecule has 0 atom stereocenters. The Hall–Kier alpha value is -3.16. The van der Waals surface area contributed by atoms with E-state index in [0.717, 1.165) is 12.1 Å². The molecule has 2 aromatic carbocycles. The van der Waals surface area contributed by atoms with Gasteiger partial charge in [0.25, 0.3) is 0 Å². The molecule has 8 heteroatoms. The number of halogens is 4. The smallest absolute Gasteiger partial charge is 0.416 e. The highest BCUT2D eigenvalue weighted by atomic mass is 19.4. The van der Waals surface area contributed by atoms with Gasteiger partial charge in [0.15, 0.2) is 0 Å². The van der Waals surface area contributed by atoms with Gasteiger partial charge in [-0.15, -0.1) is 0 Å². The highest BCUT2D eigenvalue weighted by Gasteiger charge is 2.31. The van der Waals surface area contributed by atoms with Crippen LogP contribution in [0.2, 0.25) is 0 Å². The third kappa shape index (κ3) is 3.55. The zero-order valence-electron chi connectivity index (χ0n) is 14.2. The number of alkyl halides is 3. The third-order valence-electron chi connectivity index (χ3n) is 4.00. The predicted octanol–water partition coefficient (Wildman–Crippen LogP) is 4.85. The fourth-order valence-electron chi connectivity index (χ4n) is 2.68. The minimum absolute atomic E-state index is 0.0646. The molecule has 0 spiro atoms. The lowest BCUT2D eigenvalue weighted by atomic mass is 9.99. The fourth-order valence-corrected chi connectivity index (χ4v) is 2.68. The second-order valence-corrected chi connectivity index (χ2v) is 5.65. The monoisotopic (exact) mass is 379 g/mol. The number of pyridine rings is 1. The van der Waals surface area contributed by atoms with Crippen LogP contribution in [-0.4, -0.2) is 25.2 Å². The van der Waals surface area contributed by atoms with Crippen molar-refractivity contribution >= 4 is 16.9 Å². The van der Waals surface area contributed by atoms with Crippen LogP contribution in [-0.2, 0) is 10.9 Å². The van der Waals surface area contributed by atoms with Gasteiger partial charge in [0.2, 0.25) is 0 Å². The van der Waals surface area contributed by atoms with Crippen molar-refractivity contribution in [3.8, 4) is 16.9 Å². The van der Waals surface area contributed by atoms with E-state index in [2.05, 4.69) is 9.72 Å². The molecule has 1 heterocycles. The standard InChI is InChI=1S/C19H13F4NO3/c1-26-13-6-10-5-11(18(25)27-2)9-24-17(10)15(8-13)14-4-3-12(7-16(14)20)19(21,22)23/h3-9H,1-2H3. The lowest BCUT2D eigenvalue weighted by Gasteiger charge is -2.13. The number of hydrogen-bond acceptors (Lipinski definition) is 4. The molecule has 0 aliphatic heterocycles. The Kier molecular flexibility index (Phi) is 4.73. The largest absolute Gasteiger partial charge is 0.497 e. The maximum absolute atomic E-state index is 14.4. The first-order chi connectivity index (χ1) is 12.7. The molecule has 0 fully saturated rings. The summed E-state index contributed by atoms with van der Waals surface area (Å²) in [6, 6.07) is 6.82. The van der Waals surface area contributed by atoms with Crippen molar-refractivity contribution in [2.75, 3.05) is 14.2 Å². The first-order valence-electron chi connectivity index (χ1n) is 7.68. The number of carbonyl (C=O) groups is 1. The molecule has 0 radical (unpaired) electrons. The van der Waals surface area contributed by atoms with Crippen LogP contribution in [0.15, 0.2) is 42.6 Å². The Labute approximate surface area is 151 Å². The van der Waals surface area contributed by atoms with Crippen molar-refractivity contribution in [1.29, 1.82) is 0 Å². The van der Waals surface area contributed by atoms with Gasteiger partial charge < -0.3 is 9.47 Å². The van der Waals surface area contributed by atoms with Gasteiger partial charge in [0.05, 0.1) is 30.9 Å². The van der Waals surface area contributed by atoms with Crippen molar-refractivity contribution in [2.24, 2.45) is 0 Å². The summed E-state index contributed by atoms with van der Waals surface area (Å²) >= 11 is 0. The number of nitrogens with zero attached hydrogens (tertiary/aromatic N) is 1. The van der Waals surface area contributed by atoms with Gasteiger partial charge in [-0.3, -0.25) is 4.98 Å². The first-order valence-corrected chi connectivity index (χ1v) is 7.68. The minimum atomic E-state index is -4.65. The fraction of sp³-hybridized carbons (Fsp3) is 0.158. The lowest BCUT2D eigenvalue weighted by Crippen LogP contribution is -2.05. The molecular formula is C19H13F4NO3. The Morgan fingerprint density at radius 3 is 2.37 bits per heavy atom. The van der Waals surface area contributed by atoms with Gasteiger partial charge in [0, 0.05) is 22.7 Å². The Bertz CT molecular complexity index is 1030. The van der Waals surface area contributed by atoms with Crippen LogP contribution in [0, 0.1) is 5.82 Å². The summed E-state index contributed by atoms with van der Waals surface area (Å²) in [5, 5.41) is 0.451. The zero-order chi connectivity index (χ0) is 19.8. The topological polar surface area (TPSA) is 48.4 Å². The SMILES string of the molecule is COC(=O)c1cnc2c(-c3ccc(C(F)(F)F)cc3F)cc(OC)cc2c1. The molecule has 0 N–H and O–H groups in total. The van der Waals surface area contributed by atoms with Gasteiger partial charge >= 0.3 is 12.1 Å². The second kappa shape index (κ2) is 6.86. The Balaban J connectivity index is 2.23. The van der Waals surface area contributed by atoms with E-state index < -0.39 is 23.5 Å². The molecule has 0 aliphatic carbocycles. The molecule has 0 aliphatic rings. The third-order valence-corrected chi connectivity index (χ3v) is 4.00. The molecule has 140 valence electrons. The van der Waals surface area contributed by atoms with Crippen LogP contribution in [0.1, 0.15) is 15.9 Å². The maximum Gasteiger partial charge on any atom is 0.416 e. The number of methoxy groups -OCH3 is 2. The Morgan fingerprint density at radius 1 is 1.04 bits per heavy atom. The van der Waals surface area contributed by atoms with Crippen molar-refractivity contribution in [3.05, 3.63) is 59.5 Å². The van der Waals surface area contributed by atoms with Gasteiger partial charge in [-0.2, -0.15) is 13.2 Å². The van der Waals surface area contributed by atoms with Crippen molar-refractivity contribution in [2.45, 2.75) is 6.18 Å². The van der Waals surface area contributed by atoms with Crippen LogP contribution in [0.5, 0.6) is 5.75 Å². The number of rotatable bonds is 3. The van der Waals surface area contributed by atoms with E-state index in [4.69, 9.17) is 4.74 Å². The molecule has 0 unspecified atom stereocenters. The summed E-state index contributed by atoms with van der Waals surface area (Å²) in [5.74, 6) is -1.31. The number of aromatic nitrogens is 1. The molecule has 4 nitrogen and oxygen atoms in total. The number of carbonyl (C=O) groups excluding carboxylic acids is 1. The lowest BCUT2D eigenvalue weighted by molar-refractivity contribution is -0.137. The molecular weight excluding hydrogens is 366 g/mol. The average Bonchev–Trinajstić information content (AvgIpc) is 2.65. The summed E-state index contributed by atoms with van der Waals surface area (Å²) in [7, 11) is 2.62. The molecule has 0 bridgehead atoms. The summed E-state index contributed by atoms with van der Waals surface area (Å²) in [6.07, 6.45) is -3.39. The van der Waals surface area contributed by atoms with E-state index in [-0.39, 0.29) is 16.7 Å². The summed E-state index contributed by atoms with van der Waals surface area (Å²) in [4.78, 5) is 15.9. The van der Waals surface area contributed by atoms with Crippen molar-refractivity contribution in [3.63, 3.8) is 0 Å². The molecule has 27 heavy (non-hydrogen) atoms. The predicted molar refractivity (Wildman–Crippen MR) is 90.0 cm³/mol. The quantitative estimate of drug-likeness (QED) is 0.482. The average molecular weight is 379 g/mol. The molecule has 0 saturated carbocycles. The number of hydrogen-bond donors (Lipinski definition) is 0. The molecule has 0 saturated heterocycles. The van der Waals surface area contributed by atoms with Gasteiger partial charge in [0.1, 0.15) is 11.6 Å².